The van der Waals surface area contributed by atoms with Crippen LogP contribution in [0.5, 0.6) is 0 Å². The van der Waals surface area contributed by atoms with Crippen LogP contribution < -0.4 is 5.73 Å². The van der Waals surface area contributed by atoms with Crippen molar-refractivity contribution in [1.82, 2.24) is 10.1 Å². The lowest BCUT2D eigenvalue weighted by Crippen LogP contribution is -2.22. The highest BCUT2D eigenvalue weighted by atomic mass is 32.2. The number of rotatable bonds is 3. The SMILES string of the molecule is C#CCC(N)c1nc(C2CSC(C)C(C)S2)no1. The quantitative estimate of drug-likeness (QED) is 0.859. The minimum atomic E-state index is -0.353. The van der Waals surface area contributed by atoms with Crippen LogP contribution in [0, 0.1) is 12.3 Å². The Labute approximate surface area is 116 Å². The Balaban J connectivity index is 2.04. The fourth-order valence-corrected chi connectivity index (χ4v) is 4.50. The summed E-state index contributed by atoms with van der Waals surface area (Å²) in [4.78, 5) is 4.38. The number of hydrogen-bond acceptors (Lipinski definition) is 6. The molecule has 0 aliphatic carbocycles. The van der Waals surface area contributed by atoms with E-state index in [1.807, 2.05) is 23.5 Å². The van der Waals surface area contributed by atoms with E-state index < -0.39 is 0 Å². The monoisotopic (exact) mass is 283 g/mol. The molecule has 1 fully saturated rings. The third-order valence-electron chi connectivity index (χ3n) is 2.95. The van der Waals surface area contributed by atoms with Gasteiger partial charge in [0.1, 0.15) is 0 Å². The Morgan fingerprint density at radius 2 is 2.33 bits per heavy atom. The molecule has 4 nitrogen and oxygen atoms in total. The summed E-state index contributed by atoms with van der Waals surface area (Å²) in [7, 11) is 0. The number of nitrogens with two attached hydrogens (primary N) is 1. The van der Waals surface area contributed by atoms with Gasteiger partial charge in [-0.25, -0.2) is 0 Å². The zero-order valence-corrected chi connectivity index (χ0v) is 12.1. The summed E-state index contributed by atoms with van der Waals surface area (Å²) in [6.45, 7) is 4.49. The molecule has 4 atom stereocenters. The van der Waals surface area contributed by atoms with Crippen molar-refractivity contribution in [3.05, 3.63) is 11.7 Å². The molecule has 2 N–H and O–H groups in total. The van der Waals surface area contributed by atoms with Gasteiger partial charge in [0.05, 0.1) is 11.3 Å². The standard InChI is InChI=1S/C12H17N3OS2/c1-4-5-9(13)12-14-11(15-16-12)10-6-17-7(2)8(3)18-10/h1,7-10H,5-6,13H2,2-3H3. The molecule has 18 heavy (non-hydrogen) atoms. The Bertz CT molecular complexity index is 443. The van der Waals surface area contributed by atoms with Crippen LogP contribution >= 0.6 is 23.5 Å². The predicted octanol–water partition coefficient (Wildman–Crippen LogP) is 2.39. The molecule has 0 spiro atoms. The van der Waals surface area contributed by atoms with Crippen LogP contribution in [-0.2, 0) is 0 Å². The molecular formula is C12H17N3OS2. The summed E-state index contributed by atoms with van der Waals surface area (Å²) < 4.78 is 5.19. The zero-order valence-electron chi connectivity index (χ0n) is 10.5. The maximum Gasteiger partial charge on any atom is 0.244 e. The molecule has 1 aromatic rings. The molecule has 4 unspecified atom stereocenters. The lowest BCUT2D eigenvalue weighted by molar-refractivity contribution is 0.352. The average molecular weight is 283 g/mol. The van der Waals surface area contributed by atoms with Gasteiger partial charge in [-0.1, -0.05) is 19.0 Å². The van der Waals surface area contributed by atoms with E-state index in [0.717, 1.165) is 11.6 Å². The molecule has 1 saturated heterocycles. The summed E-state index contributed by atoms with van der Waals surface area (Å²) in [6.07, 6.45) is 5.64. The molecule has 0 saturated carbocycles. The van der Waals surface area contributed by atoms with Crippen LogP contribution in [0.25, 0.3) is 0 Å². The Hall–Kier alpha value is -0.640. The predicted molar refractivity (Wildman–Crippen MR) is 76.4 cm³/mol. The fourth-order valence-electron chi connectivity index (χ4n) is 1.66. The first-order valence-electron chi connectivity index (χ1n) is 5.91. The van der Waals surface area contributed by atoms with Gasteiger partial charge < -0.3 is 10.3 Å². The normalized spacial score (nSPS) is 29.8. The van der Waals surface area contributed by atoms with E-state index in [2.05, 4.69) is 29.9 Å². The molecule has 0 amide bonds. The van der Waals surface area contributed by atoms with Gasteiger partial charge in [0.15, 0.2) is 5.82 Å². The molecule has 98 valence electrons. The van der Waals surface area contributed by atoms with Crippen LogP contribution in [0.2, 0.25) is 0 Å². The number of aromatic nitrogens is 2. The van der Waals surface area contributed by atoms with Crippen molar-refractivity contribution in [3.8, 4) is 12.3 Å². The topological polar surface area (TPSA) is 64.9 Å². The van der Waals surface area contributed by atoms with Gasteiger partial charge >= 0.3 is 0 Å². The number of thioether (sulfide) groups is 2. The van der Waals surface area contributed by atoms with E-state index in [-0.39, 0.29) is 11.3 Å². The minimum Gasteiger partial charge on any atom is -0.338 e. The average Bonchev–Trinajstić information content (AvgIpc) is 2.82. The van der Waals surface area contributed by atoms with E-state index in [9.17, 15) is 0 Å². The van der Waals surface area contributed by atoms with Crippen molar-refractivity contribution in [2.75, 3.05) is 5.75 Å². The third-order valence-corrected chi connectivity index (χ3v) is 6.34. The lowest BCUT2D eigenvalue weighted by atomic mass is 10.2. The summed E-state index contributed by atoms with van der Waals surface area (Å²) in [5.74, 6) is 4.71. The maximum absolute atomic E-state index is 5.85. The van der Waals surface area contributed by atoms with Gasteiger partial charge in [-0.05, 0) is 0 Å². The van der Waals surface area contributed by atoms with Gasteiger partial charge in [0, 0.05) is 22.7 Å². The Kier molecular flexibility index (Phi) is 4.60. The van der Waals surface area contributed by atoms with Gasteiger partial charge in [0.2, 0.25) is 5.89 Å². The van der Waals surface area contributed by atoms with Gasteiger partial charge in [-0.2, -0.15) is 16.7 Å². The van der Waals surface area contributed by atoms with Gasteiger partial charge in [-0.15, -0.1) is 24.1 Å². The van der Waals surface area contributed by atoms with Crippen molar-refractivity contribution < 1.29 is 4.52 Å². The maximum atomic E-state index is 5.85. The highest BCUT2D eigenvalue weighted by molar-refractivity contribution is 8.07. The molecule has 1 aromatic heterocycles. The molecule has 1 aliphatic rings. The first-order chi connectivity index (χ1) is 8.61. The fraction of sp³-hybridized carbons (Fsp3) is 0.667. The smallest absolute Gasteiger partial charge is 0.244 e. The van der Waals surface area contributed by atoms with E-state index in [1.54, 1.807) is 0 Å². The largest absolute Gasteiger partial charge is 0.338 e. The molecule has 2 rings (SSSR count). The highest BCUT2D eigenvalue weighted by Gasteiger charge is 2.30. The Morgan fingerprint density at radius 1 is 1.56 bits per heavy atom. The van der Waals surface area contributed by atoms with Crippen LogP contribution in [-0.4, -0.2) is 26.4 Å². The summed E-state index contributed by atoms with van der Waals surface area (Å²) in [6, 6.07) is -0.353. The molecule has 1 aliphatic heterocycles. The van der Waals surface area contributed by atoms with Crippen molar-refractivity contribution in [2.45, 2.75) is 42.1 Å². The van der Waals surface area contributed by atoms with E-state index in [0.29, 0.717) is 22.8 Å². The van der Waals surface area contributed by atoms with Crippen molar-refractivity contribution in [3.63, 3.8) is 0 Å². The molecular weight excluding hydrogens is 266 g/mol. The van der Waals surface area contributed by atoms with Crippen LogP contribution in [0.15, 0.2) is 4.52 Å². The number of hydrogen-bond donors (Lipinski definition) is 1. The second-order valence-corrected chi connectivity index (χ2v) is 7.37. The van der Waals surface area contributed by atoms with Gasteiger partial charge in [-0.3, -0.25) is 0 Å². The third kappa shape index (κ3) is 3.02. The van der Waals surface area contributed by atoms with Gasteiger partial charge in [0.25, 0.3) is 0 Å². The van der Waals surface area contributed by atoms with E-state index in [4.69, 9.17) is 16.7 Å². The van der Waals surface area contributed by atoms with Crippen molar-refractivity contribution in [2.24, 2.45) is 5.73 Å². The first kappa shape index (κ1) is 13.8. The van der Waals surface area contributed by atoms with E-state index in [1.165, 1.54) is 0 Å². The zero-order chi connectivity index (χ0) is 13.1. The van der Waals surface area contributed by atoms with Crippen LogP contribution in [0.1, 0.15) is 43.3 Å². The summed E-state index contributed by atoms with van der Waals surface area (Å²) in [5, 5.41) is 5.58. The van der Waals surface area contributed by atoms with Crippen LogP contribution in [0.4, 0.5) is 0 Å². The summed E-state index contributed by atoms with van der Waals surface area (Å²) in [5.41, 5.74) is 5.85. The number of terminal acetylenes is 1. The molecule has 2 heterocycles. The first-order valence-corrected chi connectivity index (χ1v) is 7.90. The second-order valence-electron chi connectivity index (χ2n) is 4.37. The van der Waals surface area contributed by atoms with E-state index >= 15 is 0 Å². The Morgan fingerprint density at radius 3 is 3.00 bits per heavy atom. The number of nitrogens with zero attached hydrogens (tertiary/aromatic N) is 2. The minimum absolute atomic E-state index is 0.289. The lowest BCUT2D eigenvalue weighted by Gasteiger charge is -2.29. The molecule has 0 aromatic carbocycles. The molecule has 0 bridgehead atoms. The van der Waals surface area contributed by atoms with Crippen molar-refractivity contribution >= 4 is 23.5 Å². The molecule has 0 radical (unpaired) electrons. The van der Waals surface area contributed by atoms with Crippen LogP contribution in [0.3, 0.4) is 0 Å². The summed E-state index contributed by atoms with van der Waals surface area (Å²) >= 11 is 3.85. The molecule has 6 heteroatoms. The highest BCUT2D eigenvalue weighted by Crippen LogP contribution is 2.43. The van der Waals surface area contributed by atoms with Crippen molar-refractivity contribution in [1.29, 1.82) is 0 Å². The second kappa shape index (κ2) is 6.00.